The van der Waals surface area contributed by atoms with E-state index >= 15 is 0 Å². The van der Waals surface area contributed by atoms with Crippen molar-refractivity contribution >= 4 is 5.97 Å². The lowest BCUT2D eigenvalue weighted by Gasteiger charge is -2.49. The molecule has 0 spiro atoms. The van der Waals surface area contributed by atoms with E-state index in [0.29, 0.717) is 12.3 Å². The first kappa shape index (κ1) is 7.84. The van der Waals surface area contributed by atoms with Crippen molar-refractivity contribution in [1.29, 1.82) is 0 Å². The summed E-state index contributed by atoms with van der Waals surface area (Å²) in [6.45, 7) is 0. The first-order valence-electron chi connectivity index (χ1n) is 5.47. The maximum atomic E-state index is 10.7. The van der Waals surface area contributed by atoms with Gasteiger partial charge in [-0.15, -0.1) is 0 Å². The minimum atomic E-state index is -0.584. The Balaban J connectivity index is 1.75. The standard InChI is InChI=1S/C11H16O2/c12-11(13)5-10-7-2-1-6-3-8(7)9(10)4-6/h6-10H,1-5H2,(H,12,13)/t6-,7?,8?,9-,10?/m1/s1. The van der Waals surface area contributed by atoms with E-state index in [1.807, 2.05) is 0 Å². The van der Waals surface area contributed by atoms with Crippen LogP contribution in [0.2, 0.25) is 0 Å². The van der Waals surface area contributed by atoms with Gasteiger partial charge >= 0.3 is 5.97 Å². The Kier molecular flexibility index (Phi) is 1.50. The smallest absolute Gasteiger partial charge is 0.303 e. The van der Waals surface area contributed by atoms with Crippen molar-refractivity contribution in [3.8, 4) is 0 Å². The number of fused-ring (bicyclic) bond motifs is 1. The van der Waals surface area contributed by atoms with Crippen LogP contribution in [0.4, 0.5) is 0 Å². The summed E-state index contributed by atoms with van der Waals surface area (Å²) < 4.78 is 0. The highest BCUT2D eigenvalue weighted by Crippen LogP contribution is 2.64. The van der Waals surface area contributed by atoms with Crippen LogP contribution in [0.5, 0.6) is 0 Å². The van der Waals surface area contributed by atoms with Gasteiger partial charge in [-0.3, -0.25) is 4.79 Å². The molecule has 0 saturated heterocycles. The van der Waals surface area contributed by atoms with Crippen LogP contribution in [-0.4, -0.2) is 11.1 Å². The SMILES string of the molecule is O=C(O)CC1C2CC[C@@H]3CC2[C@H]1C3. The van der Waals surface area contributed by atoms with E-state index in [4.69, 9.17) is 5.11 Å². The lowest BCUT2D eigenvalue weighted by molar-refractivity contribution is -0.142. The van der Waals surface area contributed by atoms with Crippen molar-refractivity contribution in [2.24, 2.45) is 29.6 Å². The molecule has 3 aliphatic carbocycles. The normalized spacial score (nSPS) is 51.5. The van der Waals surface area contributed by atoms with Gasteiger partial charge in [0.25, 0.3) is 0 Å². The Bertz CT molecular complexity index is 242. The molecule has 0 aromatic rings. The van der Waals surface area contributed by atoms with Gasteiger partial charge in [0.15, 0.2) is 0 Å². The topological polar surface area (TPSA) is 37.3 Å². The molecule has 3 fully saturated rings. The number of hydrogen-bond donors (Lipinski definition) is 1. The molecule has 0 amide bonds. The summed E-state index contributed by atoms with van der Waals surface area (Å²) in [5, 5.41) is 8.80. The lowest BCUT2D eigenvalue weighted by Crippen LogP contribution is -2.44. The predicted octanol–water partition coefficient (Wildman–Crippen LogP) is 2.14. The van der Waals surface area contributed by atoms with Gasteiger partial charge < -0.3 is 5.11 Å². The molecule has 5 atom stereocenters. The largest absolute Gasteiger partial charge is 0.481 e. The van der Waals surface area contributed by atoms with Crippen LogP contribution in [-0.2, 0) is 4.79 Å². The van der Waals surface area contributed by atoms with Crippen LogP contribution in [0.1, 0.15) is 32.1 Å². The van der Waals surface area contributed by atoms with Gasteiger partial charge in [-0.25, -0.2) is 0 Å². The van der Waals surface area contributed by atoms with Gasteiger partial charge in [0, 0.05) is 6.42 Å². The first-order valence-corrected chi connectivity index (χ1v) is 5.47. The summed E-state index contributed by atoms with van der Waals surface area (Å²) in [7, 11) is 0. The molecular formula is C11H16O2. The molecule has 0 aromatic heterocycles. The average Bonchev–Trinajstić information content (AvgIpc) is 2.26. The van der Waals surface area contributed by atoms with Crippen molar-refractivity contribution < 1.29 is 9.90 Å². The Morgan fingerprint density at radius 1 is 1.15 bits per heavy atom. The second-order valence-corrected chi connectivity index (χ2v) is 5.17. The fourth-order valence-electron chi connectivity index (χ4n) is 4.29. The van der Waals surface area contributed by atoms with E-state index in [1.54, 1.807) is 0 Å². The van der Waals surface area contributed by atoms with E-state index < -0.39 is 5.97 Å². The van der Waals surface area contributed by atoms with Crippen LogP contribution >= 0.6 is 0 Å². The number of carboxylic acid groups (broad SMARTS) is 1. The fourth-order valence-corrected chi connectivity index (χ4v) is 4.29. The summed E-state index contributed by atoms with van der Waals surface area (Å²) in [4.78, 5) is 10.7. The number of rotatable bonds is 2. The van der Waals surface area contributed by atoms with Crippen molar-refractivity contribution in [2.75, 3.05) is 0 Å². The monoisotopic (exact) mass is 180 g/mol. The van der Waals surface area contributed by atoms with E-state index in [-0.39, 0.29) is 0 Å². The summed E-state index contributed by atoms with van der Waals surface area (Å²) >= 11 is 0. The highest BCUT2D eigenvalue weighted by molar-refractivity contribution is 5.67. The minimum absolute atomic E-state index is 0.443. The van der Waals surface area contributed by atoms with Crippen molar-refractivity contribution in [3.05, 3.63) is 0 Å². The molecule has 2 heteroatoms. The maximum Gasteiger partial charge on any atom is 0.303 e. The van der Waals surface area contributed by atoms with Gasteiger partial charge in [0.1, 0.15) is 0 Å². The van der Waals surface area contributed by atoms with Crippen LogP contribution < -0.4 is 0 Å². The van der Waals surface area contributed by atoms with Crippen molar-refractivity contribution in [2.45, 2.75) is 32.1 Å². The van der Waals surface area contributed by atoms with E-state index in [0.717, 1.165) is 23.7 Å². The molecular weight excluding hydrogens is 164 g/mol. The second kappa shape index (κ2) is 2.49. The molecule has 1 N–H and O–H groups in total. The molecule has 3 rings (SSSR count). The quantitative estimate of drug-likeness (QED) is 0.707. The molecule has 3 saturated carbocycles. The highest BCUT2D eigenvalue weighted by Gasteiger charge is 2.57. The molecule has 2 bridgehead atoms. The average molecular weight is 180 g/mol. The second-order valence-electron chi connectivity index (χ2n) is 5.17. The molecule has 72 valence electrons. The van der Waals surface area contributed by atoms with E-state index in [9.17, 15) is 4.79 Å². The Labute approximate surface area is 78.3 Å². The zero-order valence-electron chi connectivity index (χ0n) is 7.78. The Morgan fingerprint density at radius 2 is 1.92 bits per heavy atom. The van der Waals surface area contributed by atoms with Crippen LogP contribution in [0, 0.1) is 29.6 Å². The molecule has 0 aliphatic heterocycles. The number of carbonyl (C=O) groups is 1. The first-order chi connectivity index (χ1) is 6.25. The minimum Gasteiger partial charge on any atom is -0.481 e. The third-order valence-corrected chi connectivity index (χ3v) is 4.73. The zero-order valence-corrected chi connectivity index (χ0v) is 7.78. The molecule has 3 unspecified atom stereocenters. The Morgan fingerprint density at radius 3 is 2.69 bits per heavy atom. The molecule has 2 nitrogen and oxygen atoms in total. The van der Waals surface area contributed by atoms with Gasteiger partial charge in [-0.05, 0) is 48.9 Å². The third kappa shape index (κ3) is 0.976. The predicted molar refractivity (Wildman–Crippen MR) is 48.2 cm³/mol. The summed E-state index contributed by atoms with van der Waals surface area (Å²) in [6.07, 6.45) is 5.92. The molecule has 0 heterocycles. The van der Waals surface area contributed by atoms with Crippen LogP contribution in [0.25, 0.3) is 0 Å². The van der Waals surface area contributed by atoms with Crippen LogP contribution in [0.15, 0.2) is 0 Å². The number of aliphatic carboxylic acids is 1. The number of carboxylic acids is 1. The van der Waals surface area contributed by atoms with Gasteiger partial charge in [-0.1, -0.05) is 6.42 Å². The van der Waals surface area contributed by atoms with Gasteiger partial charge in [0.2, 0.25) is 0 Å². The molecule has 3 aliphatic rings. The highest BCUT2D eigenvalue weighted by atomic mass is 16.4. The maximum absolute atomic E-state index is 10.7. The molecule has 0 radical (unpaired) electrons. The zero-order chi connectivity index (χ0) is 9.00. The summed E-state index contributed by atoms with van der Waals surface area (Å²) in [6, 6.07) is 0. The van der Waals surface area contributed by atoms with E-state index in [1.165, 1.54) is 25.7 Å². The summed E-state index contributed by atoms with van der Waals surface area (Å²) in [5.41, 5.74) is 0. The molecule has 13 heavy (non-hydrogen) atoms. The molecule has 0 aromatic carbocycles. The van der Waals surface area contributed by atoms with Gasteiger partial charge in [0.05, 0.1) is 0 Å². The Hall–Kier alpha value is -0.530. The van der Waals surface area contributed by atoms with Crippen LogP contribution in [0.3, 0.4) is 0 Å². The summed E-state index contributed by atoms with van der Waals surface area (Å²) in [5.74, 6) is 3.45. The van der Waals surface area contributed by atoms with E-state index in [2.05, 4.69) is 0 Å². The van der Waals surface area contributed by atoms with Crippen molar-refractivity contribution in [3.63, 3.8) is 0 Å². The fraction of sp³-hybridized carbons (Fsp3) is 0.909. The van der Waals surface area contributed by atoms with Crippen molar-refractivity contribution in [1.82, 2.24) is 0 Å². The van der Waals surface area contributed by atoms with Gasteiger partial charge in [-0.2, -0.15) is 0 Å². The third-order valence-electron chi connectivity index (χ3n) is 4.73. The number of hydrogen-bond acceptors (Lipinski definition) is 1. The lowest BCUT2D eigenvalue weighted by atomic mass is 9.55.